The summed E-state index contributed by atoms with van der Waals surface area (Å²) in [5.74, 6) is 1.44. The fourth-order valence-electron chi connectivity index (χ4n) is 2.53. The summed E-state index contributed by atoms with van der Waals surface area (Å²) < 4.78 is 0. The molecule has 0 unspecified atom stereocenters. The van der Waals surface area contributed by atoms with Crippen LogP contribution < -0.4 is 10.9 Å². The number of aromatic nitrogens is 3. The Labute approximate surface area is 130 Å². The van der Waals surface area contributed by atoms with Gasteiger partial charge in [0.25, 0.3) is 5.56 Å². The fraction of sp³-hybridized carbons (Fsp3) is 0.471. The fourth-order valence-corrected chi connectivity index (χ4v) is 2.53. The largest absolute Gasteiger partial charge is 0.370 e. The van der Waals surface area contributed by atoms with E-state index in [1.165, 1.54) is 19.3 Å². The number of hydrogen-bond donors (Lipinski definition) is 2. The third-order valence-corrected chi connectivity index (χ3v) is 4.78. The third-order valence-electron chi connectivity index (χ3n) is 4.78. The van der Waals surface area contributed by atoms with Crippen LogP contribution in [0, 0.1) is 19.3 Å². The summed E-state index contributed by atoms with van der Waals surface area (Å²) in [6.07, 6.45) is 5.58. The van der Waals surface area contributed by atoms with Gasteiger partial charge in [0.15, 0.2) is 0 Å². The van der Waals surface area contributed by atoms with Crippen molar-refractivity contribution in [2.24, 2.45) is 5.41 Å². The molecule has 2 aromatic heterocycles. The SMILES string of the molecule is CCC1(CNc2ccc(-c3nc(C)c(C)c(=O)[nH]3)cn2)CC1. The molecule has 1 saturated carbocycles. The lowest BCUT2D eigenvalue weighted by Gasteiger charge is -2.14. The van der Waals surface area contributed by atoms with Crippen molar-refractivity contribution < 1.29 is 0 Å². The van der Waals surface area contributed by atoms with Gasteiger partial charge in [-0.3, -0.25) is 4.79 Å². The Hall–Kier alpha value is -2.17. The molecule has 0 saturated heterocycles. The van der Waals surface area contributed by atoms with Crippen LogP contribution in [0.15, 0.2) is 23.1 Å². The zero-order valence-electron chi connectivity index (χ0n) is 13.4. The van der Waals surface area contributed by atoms with Gasteiger partial charge in [-0.15, -0.1) is 0 Å². The predicted molar refractivity (Wildman–Crippen MR) is 88.0 cm³/mol. The molecule has 0 radical (unpaired) electrons. The molecule has 3 rings (SSSR count). The van der Waals surface area contributed by atoms with Crippen LogP contribution in [-0.2, 0) is 0 Å². The van der Waals surface area contributed by atoms with Crippen molar-refractivity contribution in [2.75, 3.05) is 11.9 Å². The summed E-state index contributed by atoms with van der Waals surface area (Å²) in [7, 11) is 0. The van der Waals surface area contributed by atoms with Gasteiger partial charge in [-0.05, 0) is 50.7 Å². The minimum absolute atomic E-state index is 0.0941. The van der Waals surface area contributed by atoms with E-state index < -0.39 is 0 Å². The topological polar surface area (TPSA) is 70.7 Å². The Morgan fingerprint density at radius 1 is 1.32 bits per heavy atom. The van der Waals surface area contributed by atoms with Gasteiger partial charge < -0.3 is 10.3 Å². The second kappa shape index (κ2) is 5.55. The van der Waals surface area contributed by atoms with E-state index in [9.17, 15) is 4.79 Å². The second-order valence-corrected chi connectivity index (χ2v) is 6.26. The van der Waals surface area contributed by atoms with Crippen LogP contribution >= 0.6 is 0 Å². The average Bonchev–Trinajstić information content (AvgIpc) is 3.31. The Bertz CT molecular complexity index is 729. The van der Waals surface area contributed by atoms with Gasteiger partial charge in [0, 0.05) is 29.6 Å². The number of hydrogen-bond acceptors (Lipinski definition) is 4. The van der Waals surface area contributed by atoms with Gasteiger partial charge in [0.05, 0.1) is 0 Å². The molecule has 1 aliphatic rings. The van der Waals surface area contributed by atoms with Gasteiger partial charge in [-0.2, -0.15) is 0 Å². The molecular formula is C17H22N4O. The molecular weight excluding hydrogens is 276 g/mol. The second-order valence-electron chi connectivity index (χ2n) is 6.26. The Morgan fingerprint density at radius 2 is 2.09 bits per heavy atom. The standard InChI is InChI=1S/C17H22N4O/c1-4-17(7-8-17)10-19-14-6-5-13(9-18-14)15-20-12(3)11(2)16(22)21-15/h5-6,9H,4,7-8,10H2,1-3H3,(H,18,19)(H,20,21,22). The summed E-state index contributed by atoms with van der Waals surface area (Å²) >= 11 is 0. The van der Waals surface area contributed by atoms with Crippen molar-refractivity contribution in [2.45, 2.75) is 40.0 Å². The lowest BCUT2D eigenvalue weighted by Crippen LogP contribution is -2.15. The summed E-state index contributed by atoms with van der Waals surface area (Å²) in [6.45, 7) is 6.84. The zero-order valence-corrected chi connectivity index (χ0v) is 13.4. The molecule has 1 fully saturated rings. The smallest absolute Gasteiger partial charge is 0.254 e. The van der Waals surface area contributed by atoms with Crippen molar-refractivity contribution in [3.05, 3.63) is 39.9 Å². The number of aryl methyl sites for hydroxylation is 1. The van der Waals surface area contributed by atoms with Crippen LogP contribution in [0.25, 0.3) is 11.4 Å². The maximum absolute atomic E-state index is 11.8. The zero-order chi connectivity index (χ0) is 15.7. The average molecular weight is 298 g/mol. The molecule has 0 aromatic carbocycles. The third kappa shape index (κ3) is 2.89. The van der Waals surface area contributed by atoms with Gasteiger partial charge in [-0.1, -0.05) is 6.92 Å². The molecule has 2 aromatic rings. The van der Waals surface area contributed by atoms with E-state index in [0.717, 1.165) is 23.6 Å². The van der Waals surface area contributed by atoms with Crippen LogP contribution in [0.2, 0.25) is 0 Å². The molecule has 1 aliphatic carbocycles. The summed E-state index contributed by atoms with van der Waals surface area (Å²) in [4.78, 5) is 23.5. The molecule has 5 heteroatoms. The van der Waals surface area contributed by atoms with Crippen molar-refractivity contribution in [3.63, 3.8) is 0 Å². The number of nitrogens with one attached hydrogen (secondary N) is 2. The number of nitrogens with zero attached hydrogens (tertiary/aromatic N) is 2. The molecule has 2 heterocycles. The highest BCUT2D eigenvalue weighted by Gasteiger charge is 2.40. The molecule has 0 spiro atoms. The van der Waals surface area contributed by atoms with E-state index in [1.807, 2.05) is 19.1 Å². The van der Waals surface area contributed by atoms with E-state index in [2.05, 4.69) is 27.2 Å². The van der Waals surface area contributed by atoms with Crippen LogP contribution in [0.1, 0.15) is 37.4 Å². The maximum Gasteiger partial charge on any atom is 0.254 e. The molecule has 0 amide bonds. The van der Waals surface area contributed by atoms with Crippen molar-refractivity contribution >= 4 is 5.82 Å². The highest BCUT2D eigenvalue weighted by Crippen LogP contribution is 2.48. The Balaban J connectivity index is 1.75. The Kier molecular flexibility index (Phi) is 3.72. The Morgan fingerprint density at radius 3 is 2.64 bits per heavy atom. The number of aromatic amines is 1. The van der Waals surface area contributed by atoms with E-state index in [1.54, 1.807) is 13.1 Å². The molecule has 22 heavy (non-hydrogen) atoms. The summed E-state index contributed by atoms with van der Waals surface area (Å²) in [5, 5.41) is 3.41. The first-order chi connectivity index (χ1) is 10.5. The van der Waals surface area contributed by atoms with Crippen molar-refractivity contribution in [1.29, 1.82) is 0 Å². The highest BCUT2D eigenvalue weighted by molar-refractivity contribution is 5.56. The van der Waals surface area contributed by atoms with Crippen LogP contribution in [-0.4, -0.2) is 21.5 Å². The molecule has 116 valence electrons. The van der Waals surface area contributed by atoms with Crippen LogP contribution in [0.3, 0.4) is 0 Å². The predicted octanol–water partition coefficient (Wildman–Crippen LogP) is 3.05. The van der Waals surface area contributed by atoms with E-state index in [0.29, 0.717) is 16.8 Å². The van der Waals surface area contributed by atoms with Gasteiger partial charge >= 0.3 is 0 Å². The van der Waals surface area contributed by atoms with Gasteiger partial charge in [0.1, 0.15) is 11.6 Å². The molecule has 0 atom stereocenters. The maximum atomic E-state index is 11.8. The van der Waals surface area contributed by atoms with Crippen LogP contribution in [0.4, 0.5) is 5.82 Å². The number of H-pyrrole nitrogens is 1. The summed E-state index contributed by atoms with van der Waals surface area (Å²) in [6, 6.07) is 3.88. The van der Waals surface area contributed by atoms with Crippen LogP contribution in [0.5, 0.6) is 0 Å². The van der Waals surface area contributed by atoms with Crippen molar-refractivity contribution in [1.82, 2.24) is 15.0 Å². The minimum Gasteiger partial charge on any atom is -0.370 e. The lowest BCUT2D eigenvalue weighted by molar-refractivity contribution is 0.521. The quantitative estimate of drug-likeness (QED) is 0.890. The van der Waals surface area contributed by atoms with E-state index >= 15 is 0 Å². The lowest BCUT2D eigenvalue weighted by atomic mass is 10.0. The monoisotopic (exact) mass is 298 g/mol. The number of anilines is 1. The molecule has 0 bridgehead atoms. The number of pyridine rings is 1. The van der Waals surface area contributed by atoms with E-state index in [4.69, 9.17) is 0 Å². The highest BCUT2D eigenvalue weighted by atomic mass is 16.1. The summed E-state index contributed by atoms with van der Waals surface area (Å²) in [5.41, 5.74) is 2.62. The number of rotatable bonds is 5. The normalized spacial score (nSPS) is 15.6. The minimum atomic E-state index is -0.0941. The van der Waals surface area contributed by atoms with Crippen molar-refractivity contribution in [3.8, 4) is 11.4 Å². The first-order valence-corrected chi connectivity index (χ1v) is 7.81. The first-order valence-electron chi connectivity index (χ1n) is 7.81. The first kappa shape index (κ1) is 14.8. The van der Waals surface area contributed by atoms with Gasteiger partial charge in [-0.25, -0.2) is 9.97 Å². The molecule has 2 N–H and O–H groups in total. The van der Waals surface area contributed by atoms with E-state index in [-0.39, 0.29) is 5.56 Å². The van der Waals surface area contributed by atoms with Gasteiger partial charge in [0.2, 0.25) is 0 Å². The molecule has 0 aliphatic heterocycles. The molecule has 5 nitrogen and oxygen atoms in total.